The molecule has 5 nitrogen and oxygen atoms in total. The smallest absolute Gasteiger partial charge is 0.310 e. The van der Waals surface area contributed by atoms with Gasteiger partial charge in [0, 0.05) is 19.5 Å². The lowest BCUT2D eigenvalue weighted by Gasteiger charge is -2.30. The standard InChI is InChI=1S/C16H30N2O3/c1-4-16(5-2,15(20)21)12-14(19)17-8-11-18-9-6-13(3)7-10-18/h13H,4-12H2,1-3H3,(H,17,19)(H,20,21). The van der Waals surface area contributed by atoms with Crippen LogP contribution in [0.3, 0.4) is 0 Å². The minimum atomic E-state index is -0.912. The summed E-state index contributed by atoms with van der Waals surface area (Å²) in [5.74, 6) is -0.208. The number of hydrogen-bond acceptors (Lipinski definition) is 3. The van der Waals surface area contributed by atoms with Crippen LogP contribution in [0.15, 0.2) is 0 Å². The van der Waals surface area contributed by atoms with Crippen molar-refractivity contribution < 1.29 is 14.7 Å². The van der Waals surface area contributed by atoms with Gasteiger partial charge in [-0.2, -0.15) is 0 Å². The van der Waals surface area contributed by atoms with Crippen LogP contribution in [-0.4, -0.2) is 48.1 Å². The molecule has 1 rings (SSSR count). The van der Waals surface area contributed by atoms with Gasteiger partial charge in [0.15, 0.2) is 0 Å². The Kier molecular flexibility index (Phi) is 7.15. The molecular weight excluding hydrogens is 268 g/mol. The molecule has 0 radical (unpaired) electrons. The molecule has 1 aliphatic heterocycles. The van der Waals surface area contributed by atoms with Crippen LogP contribution in [0.2, 0.25) is 0 Å². The summed E-state index contributed by atoms with van der Waals surface area (Å²) in [6, 6.07) is 0. The monoisotopic (exact) mass is 298 g/mol. The van der Waals surface area contributed by atoms with Gasteiger partial charge in [-0.15, -0.1) is 0 Å². The molecule has 122 valence electrons. The van der Waals surface area contributed by atoms with Gasteiger partial charge in [0.2, 0.25) is 5.91 Å². The van der Waals surface area contributed by atoms with Crippen molar-refractivity contribution in [3.63, 3.8) is 0 Å². The van der Waals surface area contributed by atoms with E-state index in [0.29, 0.717) is 19.4 Å². The molecule has 0 aliphatic carbocycles. The lowest BCUT2D eigenvalue weighted by molar-refractivity contribution is -0.152. The second-order valence-electron chi connectivity index (χ2n) is 6.34. The molecule has 1 fully saturated rings. The van der Waals surface area contributed by atoms with E-state index < -0.39 is 11.4 Å². The van der Waals surface area contributed by atoms with Crippen molar-refractivity contribution in [3.8, 4) is 0 Å². The zero-order valence-electron chi connectivity index (χ0n) is 13.7. The minimum Gasteiger partial charge on any atom is -0.481 e. The van der Waals surface area contributed by atoms with Gasteiger partial charge in [0.25, 0.3) is 0 Å². The van der Waals surface area contributed by atoms with Gasteiger partial charge >= 0.3 is 5.97 Å². The highest BCUT2D eigenvalue weighted by molar-refractivity contribution is 5.84. The Morgan fingerprint density at radius 3 is 2.29 bits per heavy atom. The predicted octanol–water partition coefficient (Wildman–Crippen LogP) is 2.12. The third-order valence-corrected chi connectivity index (χ3v) is 4.93. The Hall–Kier alpha value is -1.10. The van der Waals surface area contributed by atoms with E-state index in [1.165, 1.54) is 12.8 Å². The summed E-state index contributed by atoms with van der Waals surface area (Å²) in [4.78, 5) is 25.7. The van der Waals surface area contributed by atoms with Gasteiger partial charge in [-0.1, -0.05) is 20.8 Å². The number of nitrogens with one attached hydrogen (secondary N) is 1. The number of carbonyl (C=O) groups excluding carboxylic acids is 1. The molecule has 0 spiro atoms. The Balaban J connectivity index is 2.32. The summed E-state index contributed by atoms with van der Waals surface area (Å²) >= 11 is 0. The fourth-order valence-corrected chi connectivity index (χ4v) is 2.89. The zero-order valence-corrected chi connectivity index (χ0v) is 13.7. The maximum absolute atomic E-state index is 12.0. The highest BCUT2D eigenvalue weighted by Gasteiger charge is 2.37. The first-order valence-electron chi connectivity index (χ1n) is 8.16. The van der Waals surface area contributed by atoms with Crippen molar-refractivity contribution in [2.45, 2.75) is 52.9 Å². The number of hydrogen-bond donors (Lipinski definition) is 2. The summed E-state index contributed by atoms with van der Waals surface area (Å²) in [5.41, 5.74) is -0.912. The minimum absolute atomic E-state index is 0.0758. The lowest BCUT2D eigenvalue weighted by Crippen LogP contribution is -2.41. The normalized spacial score (nSPS) is 17.7. The van der Waals surface area contributed by atoms with Crippen LogP contribution in [0.1, 0.15) is 52.9 Å². The molecule has 1 saturated heterocycles. The topological polar surface area (TPSA) is 69.6 Å². The van der Waals surface area contributed by atoms with E-state index in [4.69, 9.17) is 0 Å². The first kappa shape index (κ1) is 18.0. The van der Waals surface area contributed by atoms with Crippen LogP contribution < -0.4 is 5.32 Å². The van der Waals surface area contributed by atoms with Gasteiger partial charge in [0.05, 0.1) is 5.41 Å². The van der Waals surface area contributed by atoms with Crippen LogP contribution in [0.25, 0.3) is 0 Å². The zero-order chi connectivity index (χ0) is 15.9. The number of carboxylic acid groups (broad SMARTS) is 1. The van der Waals surface area contributed by atoms with E-state index in [1.54, 1.807) is 0 Å². The SMILES string of the molecule is CCC(CC)(CC(=O)NCCN1CCC(C)CC1)C(=O)O. The summed E-state index contributed by atoms with van der Waals surface area (Å²) in [5, 5.41) is 12.2. The molecule has 1 aliphatic rings. The Labute approximate surface area is 128 Å². The highest BCUT2D eigenvalue weighted by Crippen LogP contribution is 2.30. The van der Waals surface area contributed by atoms with Crippen LogP contribution in [-0.2, 0) is 9.59 Å². The van der Waals surface area contributed by atoms with Gasteiger partial charge in [-0.25, -0.2) is 0 Å². The number of amides is 1. The van der Waals surface area contributed by atoms with E-state index in [-0.39, 0.29) is 12.3 Å². The highest BCUT2D eigenvalue weighted by atomic mass is 16.4. The van der Waals surface area contributed by atoms with Crippen molar-refractivity contribution >= 4 is 11.9 Å². The summed E-state index contributed by atoms with van der Waals surface area (Å²) in [6.07, 6.45) is 3.49. The fraction of sp³-hybridized carbons (Fsp3) is 0.875. The molecule has 0 unspecified atom stereocenters. The van der Waals surface area contributed by atoms with E-state index in [9.17, 15) is 14.7 Å². The van der Waals surface area contributed by atoms with Crippen LogP contribution in [0.5, 0.6) is 0 Å². The number of piperidine rings is 1. The first-order chi connectivity index (χ1) is 9.93. The number of carboxylic acids is 1. The fourth-order valence-electron chi connectivity index (χ4n) is 2.89. The predicted molar refractivity (Wildman–Crippen MR) is 83.1 cm³/mol. The number of nitrogens with zero attached hydrogens (tertiary/aromatic N) is 1. The molecule has 1 heterocycles. The van der Waals surface area contributed by atoms with E-state index in [1.807, 2.05) is 13.8 Å². The molecule has 0 aromatic heterocycles. The van der Waals surface area contributed by atoms with Gasteiger partial charge in [-0.3, -0.25) is 9.59 Å². The Morgan fingerprint density at radius 1 is 1.24 bits per heavy atom. The third kappa shape index (κ3) is 5.30. The first-order valence-corrected chi connectivity index (χ1v) is 8.16. The quantitative estimate of drug-likeness (QED) is 0.720. The molecule has 1 amide bonds. The average molecular weight is 298 g/mol. The van der Waals surface area contributed by atoms with Gasteiger partial charge in [-0.05, 0) is 44.7 Å². The molecule has 0 atom stereocenters. The Bertz CT molecular complexity index is 345. The second-order valence-corrected chi connectivity index (χ2v) is 6.34. The summed E-state index contributed by atoms with van der Waals surface area (Å²) in [7, 11) is 0. The molecule has 0 aromatic rings. The molecular formula is C16H30N2O3. The summed E-state index contributed by atoms with van der Waals surface area (Å²) < 4.78 is 0. The molecule has 2 N–H and O–H groups in total. The largest absolute Gasteiger partial charge is 0.481 e. The molecule has 0 saturated carbocycles. The van der Waals surface area contributed by atoms with Crippen molar-refractivity contribution in [3.05, 3.63) is 0 Å². The summed E-state index contributed by atoms with van der Waals surface area (Å²) in [6.45, 7) is 9.60. The molecule has 0 bridgehead atoms. The lowest BCUT2D eigenvalue weighted by atomic mass is 9.79. The van der Waals surface area contributed by atoms with Crippen molar-refractivity contribution in [1.82, 2.24) is 10.2 Å². The Morgan fingerprint density at radius 2 is 1.81 bits per heavy atom. The van der Waals surface area contributed by atoms with E-state index in [2.05, 4.69) is 17.1 Å². The number of aliphatic carboxylic acids is 1. The maximum atomic E-state index is 12.0. The van der Waals surface area contributed by atoms with Crippen LogP contribution in [0, 0.1) is 11.3 Å². The van der Waals surface area contributed by atoms with Gasteiger partial charge in [0.1, 0.15) is 0 Å². The van der Waals surface area contributed by atoms with E-state index in [0.717, 1.165) is 25.6 Å². The molecule has 0 aromatic carbocycles. The molecule has 5 heteroatoms. The number of likely N-dealkylation sites (tertiary alicyclic amines) is 1. The van der Waals surface area contributed by atoms with E-state index >= 15 is 0 Å². The van der Waals surface area contributed by atoms with Crippen LogP contribution in [0.4, 0.5) is 0 Å². The average Bonchev–Trinajstić information content (AvgIpc) is 2.46. The third-order valence-electron chi connectivity index (χ3n) is 4.93. The van der Waals surface area contributed by atoms with Crippen molar-refractivity contribution in [2.24, 2.45) is 11.3 Å². The number of rotatable bonds is 8. The van der Waals surface area contributed by atoms with Crippen molar-refractivity contribution in [1.29, 1.82) is 0 Å². The van der Waals surface area contributed by atoms with Crippen molar-refractivity contribution in [2.75, 3.05) is 26.2 Å². The van der Waals surface area contributed by atoms with Gasteiger partial charge < -0.3 is 15.3 Å². The second kappa shape index (κ2) is 8.37. The molecule has 21 heavy (non-hydrogen) atoms. The number of carbonyl (C=O) groups is 2. The van der Waals surface area contributed by atoms with Crippen LogP contribution >= 0.6 is 0 Å². The maximum Gasteiger partial charge on any atom is 0.310 e.